The predicted octanol–water partition coefficient (Wildman–Crippen LogP) is 1.80. The highest BCUT2D eigenvalue weighted by atomic mass is 16.4. The van der Waals surface area contributed by atoms with Crippen molar-refractivity contribution >= 4 is 11.7 Å². The van der Waals surface area contributed by atoms with E-state index in [2.05, 4.69) is 12.1 Å². The molecule has 104 valence electrons. The quantitative estimate of drug-likeness (QED) is 0.315. The Morgan fingerprint density at radius 3 is 2.50 bits per heavy atom. The fourth-order valence-electron chi connectivity index (χ4n) is 2.06. The van der Waals surface area contributed by atoms with Crippen molar-refractivity contribution in [2.24, 2.45) is 22.2 Å². The molecule has 1 rings (SSSR count). The van der Waals surface area contributed by atoms with E-state index in [1.54, 1.807) is 6.92 Å². The third kappa shape index (κ3) is 3.15. The minimum atomic E-state index is -0.890. The number of hydrogen-bond acceptors (Lipinski definition) is 3. The predicted molar refractivity (Wildman–Crippen MR) is 71.4 cm³/mol. The first-order chi connectivity index (χ1) is 8.49. The molecule has 0 spiro atoms. The molecule has 0 aromatic rings. The monoisotopic (exact) mass is 255 g/mol. The number of nitrogens with zero attached hydrogens (tertiary/aromatic N) is 2. The van der Waals surface area contributed by atoms with Gasteiger partial charge >= 0.3 is 0 Å². The minimum Gasteiger partial charge on any atom is -0.409 e. The summed E-state index contributed by atoms with van der Waals surface area (Å²) in [5, 5.41) is 11.9. The van der Waals surface area contributed by atoms with E-state index in [-0.39, 0.29) is 11.7 Å². The molecule has 0 aromatic heterocycles. The van der Waals surface area contributed by atoms with Crippen molar-refractivity contribution in [2.45, 2.75) is 46.5 Å². The maximum Gasteiger partial charge on any atom is 0.236 e. The van der Waals surface area contributed by atoms with Gasteiger partial charge in [-0.1, -0.05) is 19.0 Å². The molecule has 1 fully saturated rings. The van der Waals surface area contributed by atoms with Gasteiger partial charge in [-0.3, -0.25) is 4.79 Å². The van der Waals surface area contributed by atoms with Crippen LogP contribution in [0, 0.1) is 11.3 Å². The second kappa shape index (κ2) is 6.07. The SMILES string of the molecule is CCCN(CC1CC1)C(=O)C(C)(CC)C(N)=NO. The number of amides is 1. The van der Waals surface area contributed by atoms with E-state index in [0.717, 1.165) is 19.5 Å². The lowest BCUT2D eigenvalue weighted by Crippen LogP contribution is -2.50. The Morgan fingerprint density at radius 1 is 1.50 bits per heavy atom. The van der Waals surface area contributed by atoms with Crippen LogP contribution in [-0.2, 0) is 4.79 Å². The van der Waals surface area contributed by atoms with Crippen LogP contribution in [0.3, 0.4) is 0 Å². The Balaban J connectivity index is 2.83. The fourth-order valence-corrected chi connectivity index (χ4v) is 2.06. The van der Waals surface area contributed by atoms with Crippen LogP contribution in [0.4, 0.5) is 0 Å². The van der Waals surface area contributed by atoms with Gasteiger partial charge in [0.15, 0.2) is 5.84 Å². The third-order valence-corrected chi connectivity index (χ3v) is 3.81. The topological polar surface area (TPSA) is 78.9 Å². The van der Waals surface area contributed by atoms with Crippen LogP contribution in [0.15, 0.2) is 5.16 Å². The molecule has 1 unspecified atom stereocenters. The summed E-state index contributed by atoms with van der Waals surface area (Å²) in [5.41, 5.74) is 4.81. The molecule has 3 N–H and O–H groups in total. The van der Waals surface area contributed by atoms with Crippen LogP contribution in [0.5, 0.6) is 0 Å². The van der Waals surface area contributed by atoms with Gasteiger partial charge in [-0.25, -0.2) is 0 Å². The maximum atomic E-state index is 12.6. The number of carbonyl (C=O) groups excluding carboxylic acids is 1. The molecule has 0 heterocycles. The normalized spacial score (nSPS) is 19.4. The molecule has 18 heavy (non-hydrogen) atoms. The van der Waals surface area contributed by atoms with E-state index in [0.29, 0.717) is 12.3 Å². The smallest absolute Gasteiger partial charge is 0.236 e. The van der Waals surface area contributed by atoms with Gasteiger partial charge < -0.3 is 15.8 Å². The van der Waals surface area contributed by atoms with Crippen LogP contribution < -0.4 is 5.73 Å². The number of nitrogens with two attached hydrogens (primary N) is 1. The number of amidine groups is 1. The molecule has 1 saturated carbocycles. The van der Waals surface area contributed by atoms with E-state index in [4.69, 9.17) is 10.9 Å². The van der Waals surface area contributed by atoms with Gasteiger partial charge in [0.2, 0.25) is 5.91 Å². The Morgan fingerprint density at radius 2 is 2.11 bits per heavy atom. The van der Waals surface area contributed by atoms with Crippen molar-refractivity contribution in [1.29, 1.82) is 0 Å². The molecule has 0 radical (unpaired) electrons. The highest BCUT2D eigenvalue weighted by molar-refractivity contribution is 6.06. The van der Waals surface area contributed by atoms with E-state index in [1.807, 2.05) is 11.8 Å². The maximum absolute atomic E-state index is 12.6. The zero-order valence-corrected chi connectivity index (χ0v) is 11.6. The summed E-state index contributed by atoms with van der Waals surface area (Å²) in [5.74, 6) is 0.634. The van der Waals surface area contributed by atoms with Crippen LogP contribution in [-0.4, -0.2) is 34.9 Å². The lowest BCUT2D eigenvalue weighted by Gasteiger charge is -2.33. The van der Waals surface area contributed by atoms with Crippen LogP contribution in [0.2, 0.25) is 0 Å². The summed E-state index contributed by atoms with van der Waals surface area (Å²) in [6.07, 6.45) is 3.88. The molecule has 1 aliphatic carbocycles. The molecule has 0 bridgehead atoms. The fraction of sp³-hybridized carbons (Fsp3) is 0.846. The van der Waals surface area contributed by atoms with Crippen molar-refractivity contribution in [3.63, 3.8) is 0 Å². The van der Waals surface area contributed by atoms with E-state index in [1.165, 1.54) is 12.8 Å². The summed E-state index contributed by atoms with van der Waals surface area (Å²) in [6.45, 7) is 7.24. The molecular formula is C13H25N3O2. The summed E-state index contributed by atoms with van der Waals surface area (Å²) in [6, 6.07) is 0. The summed E-state index contributed by atoms with van der Waals surface area (Å²) in [4.78, 5) is 14.5. The van der Waals surface area contributed by atoms with Crippen molar-refractivity contribution < 1.29 is 10.0 Å². The molecule has 5 nitrogen and oxygen atoms in total. The summed E-state index contributed by atoms with van der Waals surface area (Å²) >= 11 is 0. The van der Waals surface area contributed by atoms with E-state index < -0.39 is 5.41 Å². The lowest BCUT2D eigenvalue weighted by atomic mass is 9.84. The van der Waals surface area contributed by atoms with Crippen LogP contribution >= 0.6 is 0 Å². The summed E-state index contributed by atoms with van der Waals surface area (Å²) in [7, 11) is 0. The van der Waals surface area contributed by atoms with Gasteiger partial charge in [0.1, 0.15) is 5.41 Å². The molecule has 0 saturated heterocycles. The minimum absolute atomic E-state index is 0.00639. The Bertz CT molecular complexity index is 326. The van der Waals surface area contributed by atoms with Crippen molar-refractivity contribution in [2.75, 3.05) is 13.1 Å². The van der Waals surface area contributed by atoms with Gasteiger partial charge in [-0.15, -0.1) is 0 Å². The average molecular weight is 255 g/mol. The molecule has 0 aromatic carbocycles. The molecule has 1 amide bonds. The second-order valence-electron chi connectivity index (χ2n) is 5.37. The molecule has 0 aliphatic heterocycles. The molecule has 5 heteroatoms. The van der Waals surface area contributed by atoms with Crippen LogP contribution in [0.25, 0.3) is 0 Å². The zero-order valence-electron chi connectivity index (χ0n) is 11.6. The number of hydrogen-bond donors (Lipinski definition) is 2. The summed E-state index contributed by atoms with van der Waals surface area (Å²) < 4.78 is 0. The van der Waals surface area contributed by atoms with E-state index >= 15 is 0 Å². The first-order valence-corrected chi connectivity index (χ1v) is 6.76. The zero-order chi connectivity index (χ0) is 13.8. The first-order valence-electron chi connectivity index (χ1n) is 6.76. The largest absolute Gasteiger partial charge is 0.409 e. The van der Waals surface area contributed by atoms with Gasteiger partial charge in [0.05, 0.1) is 0 Å². The van der Waals surface area contributed by atoms with Crippen molar-refractivity contribution in [1.82, 2.24) is 4.90 Å². The Hall–Kier alpha value is -1.26. The molecular weight excluding hydrogens is 230 g/mol. The highest BCUT2D eigenvalue weighted by Gasteiger charge is 2.40. The first kappa shape index (κ1) is 14.8. The van der Waals surface area contributed by atoms with E-state index in [9.17, 15) is 4.79 Å². The van der Waals surface area contributed by atoms with Gasteiger partial charge in [0, 0.05) is 13.1 Å². The molecule has 1 aliphatic rings. The van der Waals surface area contributed by atoms with Crippen molar-refractivity contribution in [3.8, 4) is 0 Å². The molecule has 1 atom stereocenters. The third-order valence-electron chi connectivity index (χ3n) is 3.81. The van der Waals surface area contributed by atoms with Crippen LogP contribution in [0.1, 0.15) is 46.5 Å². The Kier molecular flexibility index (Phi) is 4.99. The highest BCUT2D eigenvalue weighted by Crippen LogP contribution is 2.32. The average Bonchev–Trinajstić information content (AvgIpc) is 3.19. The number of oxime groups is 1. The van der Waals surface area contributed by atoms with Gasteiger partial charge in [-0.2, -0.15) is 0 Å². The van der Waals surface area contributed by atoms with Gasteiger partial charge in [-0.05, 0) is 38.5 Å². The van der Waals surface area contributed by atoms with Crippen molar-refractivity contribution in [3.05, 3.63) is 0 Å². The van der Waals surface area contributed by atoms with Gasteiger partial charge in [0.25, 0.3) is 0 Å². The Labute approximate surface area is 109 Å². The standard InChI is InChI=1S/C13H25N3O2/c1-4-8-16(9-10-6-7-10)12(17)13(3,5-2)11(14)15-18/h10,18H,4-9H2,1-3H3,(H2,14,15). The second-order valence-corrected chi connectivity index (χ2v) is 5.37. The number of carbonyl (C=O) groups is 1. The number of rotatable bonds is 7. The lowest BCUT2D eigenvalue weighted by molar-refractivity contribution is -0.138.